The van der Waals surface area contributed by atoms with Crippen LogP contribution in [0, 0.1) is 5.82 Å². The maximum Gasteiger partial charge on any atom is 0.142 e. The van der Waals surface area contributed by atoms with E-state index in [4.69, 9.17) is 11.6 Å². The smallest absolute Gasteiger partial charge is 0.142 e. The zero-order valence-electron chi connectivity index (χ0n) is 20.4. The number of halogens is 2. The molecular weight excluding hydrogens is 485 g/mol. The minimum Gasteiger partial charge on any atom is -0.393 e. The Morgan fingerprint density at radius 1 is 1.08 bits per heavy atom. The first-order chi connectivity index (χ1) is 17.4. The lowest BCUT2D eigenvalue weighted by Gasteiger charge is -2.48. The number of benzene rings is 1. The summed E-state index contributed by atoms with van der Waals surface area (Å²) in [7, 11) is 0. The molecule has 1 aliphatic carbocycles. The number of aldehydes is 1. The number of piperazine rings is 1. The van der Waals surface area contributed by atoms with Crippen LogP contribution in [0.15, 0.2) is 24.5 Å². The molecule has 2 saturated heterocycles. The molecule has 0 saturated carbocycles. The number of anilines is 1. The number of likely N-dealkylation sites (tertiary alicyclic amines) is 1. The van der Waals surface area contributed by atoms with E-state index in [-0.39, 0.29) is 23.2 Å². The van der Waals surface area contributed by atoms with Crippen LogP contribution in [0.25, 0.3) is 0 Å². The van der Waals surface area contributed by atoms with Gasteiger partial charge < -0.3 is 19.9 Å². The van der Waals surface area contributed by atoms with Crippen molar-refractivity contribution in [2.24, 2.45) is 0 Å². The van der Waals surface area contributed by atoms with Gasteiger partial charge in [-0.1, -0.05) is 24.6 Å². The molecule has 3 aliphatic rings. The molecule has 3 heterocycles. The predicted octanol–water partition coefficient (Wildman–Crippen LogP) is 2.70. The molecule has 2 aromatic rings. The zero-order chi connectivity index (χ0) is 25.4. The van der Waals surface area contributed by atoms with Crippen molar-refractivity contribution < 1.29 is 19.4 Å². The van der Waals surface area contributed by atoms with Crippen molar-refractivity contribution in [3.05, 3.63) is 52.2 Å². The molecule has 1 aromatic carbocycles. The van der Waals surface area contributed by atoms with E-state index in [9.17, 15) is 19.4 Å². The average Bonchev–Trinajstić information content (AvgIpc) is 3.18. The van der Waals surface area contributed by atoms with E-state index in [0.29, 0.717) is 64.1 Å². The third kappa shape index (κ3) is 4.87. The highest BCUT2D eigenvalue weighted by molar-refractivity contribution is 6.30. The summed E-state index contributed by atoms with van der Waals surface area (Å²) < 4.78 is 14.3. The quantitative estimate of drug-likeness (QED) is 0.565. The van der Waals surface area contributed by atoms with Gasteiger partial charge in [-0.15, -0.1) is 0 Å². The van der Waals surface area contributed by atoms with Crippen molar-refractivity contribution in [3.8, 4) is 0 Å². The number of carbonyl (C=O) groups is 1. The van der Waals surface area contributed by atoms with Crippen molar-refractivity contribution in [2.75, 3.05) is 44.2 Å². The van der Waals surface area contributed by atoms with Crippen molar-refractivity contribution in [3.63, 3.8) is 0 Å². The number of aromatic nitrogens is 2. The highest BCUT2D eigenvalue weighted by atomic mass is 35.5. The molecule has 0 amide bonds. The number of rotatable bonds is 6. The summed E-state index contributed by atoms with van der Waals surface area (Å²) in [6.45, 7) is 6.24. The van der Waals surface area contributed by atoms with Crippen molar-refractivity contribution in [2.45, 2.75) is 56.4 Å². The van der Waals surface area contributed by atoms with Crippen LogP contribution in [-0.4, -0.2) is 87.8 Å². The van der Waals surface area contributed by atoms with Gasteiger partial charge in [0.25, 0.3) is 0 Å². The Hall–Kier alpha value is -2.17. The number of fused-ring (bicyclic) bond motifs is 1. The summed E-state index contributed by atoms with van der Waals surface area (Å²) in [5, 5.41) is 20.5. The van der Waals surface area contributed by atoms with Crippen LogP contribution in [0.3, 0.4) is 0 Å². The van der Waals surface area contributed by atoms with Gasteiger partial charge in [-0.3, -0.25) is 9.80 Å². The van der Waals surface area contributed by atoms with Crippen LogP contribution in [0.2, 0.25) is 5.02 Å². The number of piperidine rings is 1. The topological polar surface area (TPSA) is 93.0 Å². The molecule has 36 heavy (non-hydrogen) atoms. The third-order valence-corrected chi connectivity index (χ3v) is 8.24. The van der Waals surface area contributed by atoms with Crippen LogP contribution in [0.4, 0.5) is 10.2 Å². The summed E-state index contributed by atoms with van der Waals surface area (Å²) in [5.74, 6) is -0.0198. The van der Waals surface area contributed by atoms with E-state index in [1.165, 1.54) is 18.5 Å². The van der Waals surface area contributed by atoms with Crippen LogP contribution in [-0.2, 0) is 4.79 Å². The lowest BCUT2D eigenvalue weighted by molar-refractivity contribution is -0.114. The highest BCUT2D eigenvalue weighted by Crippen LogP contribution is 2.43. The Kier molecular flexibility index (Phi) is 7.55. The number of aliphatic hydroxyl groups excluding tert-OH is 2. The van der Waals surface area contributed by atoms with E-state index in [1.54, 1.807) is 6.07 Å². The van der Waals surface area contributed by atoms with E-state index in [0.717, 1.165) is 23.4 Å². The van der Waals surface area contributed by atoms with Gasteiger partial charge in [-0.25, -0.2) is 14.4 Å². The van der Waals surface area contributed by atoms with Crippen LogP contribution < -0.4 is 4.90 Å². The summed E-state index contributed by atoms with van der Waals surface area (Å²) in [5.41, 5.74) is 2.36. The maximum absolute atomic E-state index is 14.3. The molecule has 2 fully saturated rings. The molecule has 0 radical (unpaired) electrons. The first-order valence-corrected chi connectivity index (χ1v) is 13.1. The summed E-state index contributed by atoms with van der Waals surface area (Å²) in [4.78, 5) is 28.2. The number of carbonyl (C=O) groups excluding carboxylic acids is 1. The molecule has 0 bridgehead atoms. The van der Waals surface area contributed by atoms with Crippen molar-refractivity contribution in [1.29, 1.82) is 0 Å². The molecule has 1 aromatic heterocycles. The van der Waals surface area contributed by atoms with E-state index >= 15 is 0 Å². The van der Waals surface area contributed by atoms with Gasteiger partial charge in [0, 0.05) is 44.8 Å². The molecule has 5 rings (SSSR count). The van der Waals surface area contributed by atoms with Crippen LogP contribution in [0.1, 0.15) is 60.9 Å². The first kappa shape index (κ1) is 25.5. The first-order valence-electron chi connectivity index (χ1n) is 12.7. The molecule has 8 nitrogen and oxygen atoms in total. The normalized spacial score (nSPS) is 25.5. The number of nitrogens with zero attached hydrogens (tertiary/aromatic N) is 5. The van der Waals surface area contributed by atoms with Gasteiger partial charge in [0.2, 0.25) is 0 Å². The summed E-state index contributed by atoms with van der Waals surface area (Å²) in [6, 6.07) is 4.59. The molecule has 194 valence electrons. The standard InChI is InChI=1S/C26H33ClFN5O3/c1-16-12-22(36)24-23(16)25(30-15-29-24)31-8-10-33(11-9-31)26(32-6-4-18(35)5-7-32)19(14-34)17-2-3-20(27)21(28)13-17/h2-3,13-16,18-19,22,26,35-36H,4-12H2,1H3/t16-,19?,22-,26?/m1/s1. The Morgan fingerprint density at radius 2 is 1.78 bits per heavy atom. The van der Waals surface area contributed by atoms with Gasteiger partial charge in [-0.05, 0) is 42.9 Å². The van der Waals surface area contributed by atoms with Crippen LogP contribution in [0.5, 0.6) is 0 Å². The SMILES string of the molecule is C[C@@H]1C[C@@H](O)c2ncnc(N3CCN(C(C(C=O)c4ccc(Cl)c(F)c4)N4CCC(O)CC4)CC3)c21. The molecule has 4 atom stereocenters. The minimum absolute atomic E-state index is 0.0337. The summed E-state index contributed by atoms with van der Waals surface area (Å²) in [6.07, 6.45) is 3.24. The second kappa shape index (κ2) is 10.7. The molecule has 10 heteroatoms. The fraction of sp³-hybridized carbons (Fsp3) is 0.577. The van der Waals surface area contributed by atoms with Gasteiger partial charge in [-0.2, -0.15) is 0 Å². The van der Waals surface area contributed by atoms with E-state index in [2.05, 4.69) is 31.6 Å². The second-order valence-electron chi connectivity index (χ2n) is 10.2. The molecular formula is C26H33ClFN5O3. The maximum atomic E-state index is 14.3. The highest BCUT2D eigenvalue weighted by Gasteiger charge is 2.39. The Morgan fingerprint density at radius 3 is 2.44 bits per heavy atom. The number of aliphatic hydroxyl groups is 2. The summed E-state index contributed by atoms with van der Waals surface area (Å²) >= 11 is 5.91. The van der Waals surface area contributed by atoms with E-state index in [1.807, 2.05) is 0 Å². The lowest BCUT2D eigenvalue weighted by Crippen LogP contribution is -2.60. The minimum atomic E-state index is -0.558. The van der Waals surface area contributed by atoms with Gasteiger partial charge in [0.05, 0.1) is 35.0 Å². The average molecular weight is 518 g/mol. The van der Waals surface area contributed by atoms with Crippen molar-refractivity contribution in [1.82, 2.24) is 19.8 Å². The number of hydrogen-bond acceptors (Lipinski definition) is 8. The molecule has 2 aliphatic heterocycles. The zero-order valence-corrected chi connectivity index (χ0v) is 21.2. The Balaban J connectivity index is 1.39. The largest absolute Gasteiger partial charge is 0.393 e. The molecule has 2 unspecified atom stereocenters. The monoisotopic (exact) mass is 517 g/mol. The third-order valence-electron chi connectivity index (χ3n) is 7.94. The fourth-order valence-corrected chi connectivity index (χ4v) is 6.15. The van der Waals surface area contributed by atoms with E-state index < -0.39 is 17.8 Å². The Bertz CT molecular complexity index is 1090. The van der Waals surface area contributed by atoms with Crippen LogP contribution >= 0.6 is 11.6 Å². The van der Waals surface area contributed by atoms with Gasteiger partial charge in [0.15, 0.2) is 0 Å². The number of hydrogen-bond donors (Lipinski definition) is 2. The predicted molar refractivity (Wildman–Crippen MR) is 135 cm³/mol. The van der Waals surface area contributed by atoms with Crippen molar-refractivity contribution >= 4 is 23.7 Å². The van der Waals surface area contributed by atoms with Gasteiger partial charge in [0.1, 0.15) is 24.2 Å². The molecule has 0 spiro atoms. The second-order valence-corrected chi connectivity index (χ2v) is 10.6. The molecule has 2 N–H and O–H groups in total. The fourth-order valence-electron chi connectivity index (χ4n) is 6.03. The lowest BCUT2D eigenvalue weighted by atomic mass is 9.93. The Labute approximate surface area is 215 Å². The van der Waals surface area contributed by atoms with Gasteiger partial charge >= 0.3 is 0 Å².